The summed E-state index contributed by atoms with van der Waals surface area (Å²) in [5.41, 5.74) is 5.40. The smallest absolute Gasteiger partial charge is 0.220 e. The van der Waals surface area contributed by atoms with Crippen molar-refractivity contribution in [2.24, 2.45) is 11.7 Å². The lowest BCUT2D eigenvalue weighted by Gasteiger charge is -2.31. The molecule has 1 fully saturated rings. The molecule has 0 atom stereocenters. The SMILES string of the molecule is CCN1CCC(CNC(=O)CCCCN)CC1. The molecular weight excluding hydrogens is 214 g/mol. The lowest BCUT2D eigenvalue weighted by molar-refractivity contribution is -0.121. The lowest BCUT2D eigenvalue weighted by Crippen LogP contribution is -2.38. The minimum Gasteiger partial charge on any atom is -0.356 e. The molecule has 0 unspecified atom stereocenters. The van der Waals surface area contributed by atoms with E-state index >= 15 is 0 Å². The van der Waals surface area contributed by atoms with Gasteiger partial charge in [0.1, 0.15) is 0 Å². The molecule has 0 spiro atoms. The Balaban J connectivity index is 2.04. The average molecular weight is 241 g/mol. The quantitative estimate of drug-likeness (QED) is 0.653. The van der Waals surface area contributed by atoms with E-state index in [0.29, 0.717) is 18.9 Å². The molecule has 0 aromatic carbocycles. The molecule has 4 nitrogen and oxygen atoms in total. The van der Waals surface area contributed by atoms with Crippen molar-refractivity contribution >= 4 is 5.91 Å². The molecule has 1 aliphatic heterocycles. The maximum Gasteiger partial charge on any atom is 0.220 e. The number of likely N-dealkylation sites (tertiary alicyclic amines) is 1. The molecule has 0 radical (unpaired) electrons. The van der Waals surface area contributed by atoms with Crippen molar-refractivity contribution in [2.75, 3.05) is 32.7 Å². The van der Waals surface area contributed by atoms with Crippen molar-refractivity contribution < 1.29 is 4.79 Å². The van der Waals surface area contributed by atoms with Gasteiger partial charge in [0.25, 0.3) is 0 Å². The molecule has 0 bridgehead atoms. The van der Waals surface area contributed by atoms with E-state index < -0.39 is 0 Å². The summed E-state index contributed by atoms with van der Waals surface area (Å²) in [6, 6.07) is 0. The van der Waals surface area contributed by atoms with Crippen molar-refractivity contribution in [2.45, 2.75) is 39.0 Å². The zero-order valence-electron chi connectivity index (χ0n) is 11.1. The Hall–Kier alpha value is -0.610. The van der Waals surface area contributed by atoms with Crippen LogP contribution in [0.4, 0.5) is 0 Å². The standard InChI is InChI=1S/C13H27N3O/c1-2-16-9-6-12(7-10-16)11-15-13(17)5-3-4-8-14/h12H,2-11,14H2,1H3,(H,15,17). The van der Waals surface area contributed by atoms with Gasteiger partial charge in [0.15, 0.2) is 0 Å². The summed E-state index contributed by atoms with van der Waals surface area (Å²) >= 11 is 0. The van der Waals surface area contributed by atoms with Gasteiger partial charge in [0.2, 0.25) is 5.91 Å². The number of hydrogen-bond donors (Lipinski definition) is 2. The van der Waals surface area contributed by atoms with E-state index in [9.17, 15) is 4.79 Å². The third kappa shape index (κ3) is 6.03. The monoisotopic (exact) mass is 241 g/mol. The van der Waals surface area contributed by atoms with Gasteiger partial charge in [0, 0.05) is 13.0 Å². The minimum atomic E-state index is 0.191. The van der Waals surface area contributed by atoms with Crippen LogP contribution in [0.5, 0.6) is 0 Å². The van der Waals surface area contributed by atoms with Gasteiger partial charge in [-0.3, -0.25) is 4.79 Å². The number of carbonyl (C=O) groups is 1. The Morgan fingerprint density at radius 2 is 2.06 bits per heavy atom. The Morgan fingerprint density at radius 3 is 2.65 bits per heavy atom. The van der Waals surface area contributed by atoms with Gasteiger partial charge in [0.05, 0.1) is 0 Å². The number of piperidine rings is 1. The number of amides is 1. The van der Waals surface area contributed by atoms with E-state index in [1.165, 1.54) is 25.9 Å². The van der Waals surface area contributed by atoms with E-state index in [-0.39, 0.29) is 5.91 Å². The van der Waals surface area contributed by atoms with Crippen molar-refractivity contribution in [1.29, 1.82) is 0 Å². The molecule has 0 aromatic rings. The number of unbranched alkanes of at least 4 members (excludes halogenated alkanes) is 1. The third-order valence-corrected chi connectivity index (χ3v) is 3.60. The highest BCUT2D eigenvalue weighted by molar-refractivity contribution is 5.75. The molecule has 4 heteroatoms. The normalized spacial score (nSPS) is 18.2. The molecule has 0 aromatic heterocycles. The Kier molecular flexibility index (Phi) is 7.21. The highest BCUT2D eigenvalue weighted by Crippen LogP contribution is 2.15. The predicted octanol–water partition coefficient (Wildman–Crippen LogP) is 0.964. The van der Waals surface area contributed by atoms with Gasteiger partial charge in [-0.2, -0.15) is 0 Å². The highest BCUT2D eigenvalue weighted by Gasteiger charge is 2.18. The predicted molar refractivity (Wildman–Crippen MR) is 70.8 cm³/mol. The molecule has 1 saturated heterocycles. The van der Waals surface area contributed by atoms with Gasteiger partial charge >= 0.3 is 0 Å². The maximum absolute atomic E-state index is 11.5. The lowest BCUT2D eigenvalue weighted by atomic mass is 9.97. The zero-order chi connectivity index (χ0) is 12.5. The van der Waals surface area contributed by atoms with Gasteiger partial charge in [-0.25, -0.2) is 0 Å². The minimum absolute atomic E-state index is 0.191. The van der Waals surface area contributed by atoms with E-state index in [1.807, 2.05) is 0 Å². The largest absolute Gasteiger partial charge is 0.356 e. The van der Waals surface area contributed by atoms with Crippen LogP contribution in [-0.2, 0) is 4.79 Å². The zero-order valence-corrected chi connectivity index (χ0v) is 11.1. The number of hydrogen-bond acceptors (Lipinski definition) is 3. The molecule has 1 heterocycles. The van der Waals surface area contributed by atoms with Crippen LogP contribution in [0, 0.1) is 5.92 Å². The summed E-state index contributed by atoms with van der Waals surface area (Å²) < 4.78 is 0. The van der Waals surface area contributed by atoms with Crippen LogP contribution in [0.25, 0.3) is 0 Å². The van der Waals surface area contributed by atoms with E-state index in [0.717, 1.165) is 25.9 Å². The highest BCUT2D eigenvalue weighted by atomic mass is 16.1. The Labute approximate surface area is 105 Å². The molecule has 1 amide bonds. The van der Waals surface area contributed by atoms with E-state index in [1.54, 1.807) is 0 Å². The van der Waals surface area contributed by atoms with Crippen LogP contribution in [-0.4, -0.2) is 43.5 Å². The van der Waals surface area contributed by atoms with E-state index in [2.05, 4.69) is 17.1 Å². The fraction of sp³-hybridized carbons (Fsp3) is 0.923. The Morgan fingerprint density at radius 1 is 1.35 bits per heavy atom. The van der Waals surface area contributed by atoms with Crippen LogP contribution in [0.1, 0.15) is 39.0 Å². The maximum atomic E-state index is 11.5. The van der Waals surface area contributed by atoms with E-state index in [4.69, 9.17) is 5.73 Å². The molecule has 1 rings (SSSR count). The second kappa shape index (κ2) is 8.48. The summed E-state index contributed by atoms with van der Waals surface area (Å²) in [5.74, 6) is 0.868. The summed E-state index contributed by atoms with van der Waals surface area (Å²) in [4.78, 5) is 14.0. The van der Waals surface area contributed by atoms with Crippen molar-refractivity contribution in [3.05, 3.63) is 0 Å². The van der Waals surface area contributed by atoms with Gasteiger partial charge in [-0.05, 0) is 57.8 Å². The van der Waals surface area contributed by atoms with Crippen LogP contribution < -0.4 is 11.1 Å². The Bertz CT molecular complexity index is 213. The topological polar surface area (TPSA) is 58.4 Å². The van der Waals surface area contributed by atoms with Crippen LogP contribution in [0.3, 0.4) is 0 Å². The summed E-state index contributed by atoms with van der Waals surface area (Å²) in [6.45, 7) is 7.27. The first kappa shape index (κ1) is 14.5. The molecule has 100 valence electrons. The third-order valence-electron chi connectivity index (χ3n) is 3.60. The molecule has 3 N–H and O–H groups in total. The second-order valence-electron chi connectivity index (χ2n) is 4.93. The first-order chi connectivity index (χ1) is 8.26. The van der Waals surface area contributed by atoms with Crippen LogP contribution in [0.2, 0.25) is 0 Å². The molecule has 0 saturated carbocycles. The molecule has 17 heavy (non-hydrogen) atoms. The number of nitrogens with two attached hydrogens (primary N) is 1. The van der Waals surface area contributed by atoms with Gasteiger partial charge in [-0.15, -0.1) is 0 Å². The number of rotatable bonds is 7. The number of carbonyl (C=O) groups excluding carboxylic acids is 1. The second-order valence-corrected chi connectivity index (χ2v) is 4.93. The van der Waals surface area contributed by atoms with Crippen LogP contribution >= 0.6 is 0 Å². The number of nitrogens with one attached hydrogen (secondary N) is 1. The van der Waals surface area contributed by atoms with Crippen LogP contribution in [0.15, 0.2) is 0 Å². The fourth-order valence-electron chi connectivity index (χ4n) is 2.28. The van der Waals surface area contributed by atoms with Crippen molar-refractivity contribution in [3.63, 3.8) is 0 Å². The molecule has 1 aliphatic rings. The number of nitrogens with zero attached hydrogens (tertiary/aromatic N) is 1. The molecule has 0 aliphatic carbocycles. The van der Waals surface area contributed by atoms with Gasteiger partial charge in [-0.1, -0.05) is 6.92 Å². The summed E-state index contributed by atoms with van der Waals surface area (Å²) in [6.07, 6.45) is 4.93. The summed E-state index contributed by atoms with van der Waals surface area (Å²) in [5, 5.41) is 3.05. The molecular formula is C13H27N3O. The summed E-state index contributed by atoms with van der Waals surface area (Å²) in [7, 11) is 0. The first-order valence-corrected chi connectivity index (χ1v) is 6.95. The fourth-order valence-corrected chi connectivity index (χ4v) is 2.28. The van der Waals surface area contributed by atoms with Crippen molar-refractivity contribution in [3.8, 4) is 0 Å². The average Bonchev–Trinajstić information content (AvgIpc) is 2.37. The first-order valence-electron chi connectivity index (χ1n) is 6.95. The van der Waals surface area contributed by atoms with Crippen molar-refractivity contribution in [1.82, 2.24) is 10.2 Å². The van der Waals surface area contributed by atoms with Gasteiger partial charge < -0.3 is 16.0 Å².